The number of aromatic carboxylic acids is 1. The average molecular weight is 284 g/mol. The molecule has 1 atom stereocenters. The number of hydrogen-bond donors (Lipinski definition) is 3. The molecule has 1 unspecified atom stereocenters. The first kappa shape index (κ1) is 13.3. The van der Waals surface area contributed by atoms with Crippen molar-refractivity contribution >= 4 is 17.3 Å². The van der Waals surface area contributed by atoms with Crippen LogP contribution in [-0.4, -0.2) is 23.7 Å². The van der Waals surface area contributed by atoms with Gasteiger partial charge in [0.15, 0.2) is 0 Å². The van der Waals surface area contributed by atoms with Crippen molar-refractivity contribution in [3.8, 4) is 5.75 Å². The van der Waals surface area contributed by atoms with E-state index in [1.807, 2.05) is 24.3 Å². The lowest BCUT2D eigenvalue weighted by Gasteiger charge is -2.14. The predicted octanol–water partition coefficient (Wildman–Crippen LogP) is 2.38. The average Bonchev–Trinajstić information content (AvgIpc) is 2.88. The van der Waals surface area contributed by atoms with Gasteiger partial charge in [-0.25, -0.2) is 4.79 Å². The number of nitrogens with one attached hydrogen (secondary N) is 1. The van der Waals surface area contributed by atoms with E-state index in [0.717, 1.165) is 12.2 Å². The topological polar surface area (TPSA) is 84.6 Å². The van der Waals surface area contributed by atoms with Gasteiger partial charge in [-0.1, -0.05) is 18.2 Å². The Bertz CT molecular complexity index is 660. The number of rotatable bonds is 4. The van der Waals surface area contributed by atoms with E-state index in [4.69, 9.17) is 10.5 Å². The first-order chi connectivity index (χ1) is 10.1. The molecule has 1 aliphatic heterocycles. The van der Waals surface area contributed by atoms with Gasteiger partial charge in [0.05, 0.1) is 12.1 Å². The number of hydrogen-bond acceptors (Lipinski definition) is 4. The Morgan fingerprint density at radius 1 is 1.33 bits per heavy atom. The zero-order valence-corrected chi connectivity index (χ0v) is 11.4. The summed E-state index contributed by atoms with van der Waals surface area (Å²) in [6.07, 6.45) is 0.821. The number of ether oxygens (including phenoxy) is 1. The van der Waals surface area contributed by atoms with E-state index in [9.17, 15) is 9.90 Å². The highest BCUT2D eigenvalue weighted by molar-refractivity contribution is 5.95. The number of benzene rings is 2. The van der Waals surface area contributed by atoms with Crippen LogP contribution >= 0.6 is 0 Å². The van der Waals surface area contributed by atoms with Gasteiger partial charge in [-0.2, -0.15) is 0 Å². The first-order valence-corrected chi connectivity index (χ1v) is 6.75. The van der Waals surface area contributed by atoms with Gasteiger partial charge in [0, 0.05) is 17.8 Å². The van der Waals surface area contributed by atoms with Crippen molar-refractivity contribution in [2.45, 2.75) is 12.5 Å². The van der Waals surface area contributed by atoms with Crippen LogP contribution in [0.5, 0.6) is 5.75 Å². The molecular weight excluding hydrogens is 268 g/mol. The van der Waals surface area contributed by atoms with Gasteiger partial charge < -0.3 is 20.9 Å². The summed E-state index contributed by atoms with van der Waals surface area (Å²) < 4.78 is 5.82. The number of carboxylic acids is 1. The summed E-state index contributed by atoms with van der Waals surface area (Å²) in [5, 5.41) is 12.3. The molecule has 0 saturated carbocycles. The molecule has 5 nitrogen and oxygen atoms in total. The minimum Gasteiger partial charge on any atom is -0.488 e. The van der Waals surface area contributed by atoms with Crippen molar-refractivity contribution in [3.63, 3.8) is 0 Å². The molecule has 5 heteroatoms. The third-order valence-corrected chi connectivity index (χ3v) is 3.51. The number of anilines is 2. The van der Waals surface area contributed by atoms with Crippen molar-refractivity contribution < 1.29 is 14.6 Å². The fourth-order valence-corrected chi connectivity index (χ4v) is 2.48. The van der Waals surface area contributed by atoms with Crippen LogP contribution in [0.3, 0.4) is 0 Å². The quantitative estimate of drug-likeness (QED) is 0.751. The summed E-state index contributed by atoms with van der Waals surface area (Å²) in [5.41, 5.74) is 7.96. The maximum absolute atomic E-state index is 11.2. The van der Waals surface area contributed by atoms with Gasteiger partial charge in [-0.05, 0) is 29.8 Å². The molecular formula is C16H16N2O3. The minimum atomic E-state index is -1.000. The molecule has 108 valence electrons. The van der Waals surface area contributed by atoms with Gasteiger partial charge in [-0.3, -0.25) is 0 Å². The highest BCUT2D eigenvalue weighted by atomic mass is 16.5. The second-order valence-corrected chi connectivity index (χ2v) is 5.04. The van der Waals surface area contributed by atoms with Crippen molar-refractivity contribution in [2.24, 2.45) is 0 Å². The largest absolute Gasteiger partial charge is 0.488 e. The summed E-state index contributed by atoms with van der Waals surface area (Å²) in [5.74, 6) is -0.0968. The van der Waals surface area contributed by atoms with Gasteiger partial charge in [0.2, 0.25) is 0 Å². The smallest absolute Gasteiger partial charge is 0.337 e. The van der Waals surface area contributed by atoms with Gasteiger partial charge in [0.25, 0.3) is 0 Å². The molecule has 1 heterocycles. The number of nitrogens with two attached hydrogens (primary N) is 1. The van der Waals surface area contributed by atoms with E-state index in [1.165, 1.54) is 11.6 Å². The summed E-state index contributed by atoms with van der Waals surface area (Å²) in [4.78, 5) is 11.2. The fraction of sp³-hybridized carbons (Fsp3) is 0.188. The van der Waals surface area contributed by atoms with Crippen molar-refractivity contribution in [2.75, 3.05) is 17.6 Å². The Labute approximate surface area is 122 Å². The third-order valence-electron chi connectivity index (χ3n) is 3.51. The maximum Gasteiger partial charge on any atom is 0.337 e. The molecule has 0 aliphatic carbocycles. The van der Waals surface area contributed by atoms with E-state index in [-0.39, 0.29) is 11.7 Å². The van der Waals surface area contributed by atoms with Crippen molar-refractivity contribution in [1.29, 1.82) is 0 Å². The molecule has 2 aromatic rings. The van der Waals surface area contributed by atoms with Crippen molar-refractivity contribution in [1.82, 2.24) is 0 Å². The summed E-state index contributed by atoms with van der Waals surface area (Å²) >= 11 is 0. The lowest BCUT2D eigenvalue weighted by atomic mass is 10.1. The van der Waals surface area contributed by atoms with Crippen LogP contribution in [0.2, 0.25) is 0 Å². The number of carboxylic acid groups (broad SMARTS) is 1. The summed E-state index contributed by atoms with van der Waals surface area (Å²) in [6, 6.07) is 12.7. The molecule has 0 spiro atoms. The Hall–Kier alpha value is -2.69. The number of nitrogen functional groups attached to an aromatic ring is 1. The van der Waals surface area contributed by atoms with E-state index in [0.29, 0.717) is 17.9 Å². The van der Waals surface area contributed by atoms with E-state index in [2.05, 4.69) is 5.32 Å². The number of para-hydroxylation sites is 1. The van der Waals surface area contributed by atoms with Gasteiger partial charge in [-0.15, -0.1) is 0 Å². The highest BCUT2D eigenvalue weighted by Crippen LogP contribution is 2.28. The molecule has 1 aliphatic rings. The highest BCUT2D eigenvalue weighted by Gasteiger charge is 2.22. The number of carbonyl (C=O) groups is 1. The monoisotopic (exact) mass is 284 g/mol. The Morgan fingerprint density at radius 3 is 2.90 bits per heavy atom. The zero-order valence-electron chi connectivity index (χ0n) is 11.4. The molecule has 3 rings (SSSR count). The maximum atomic E-state index is 11.2. The third kappa shape index (κ3) is 2.76. The zero-order chi connectivity index (χ0) is 14.8. The molecule has 0 aromatic heterocycles. The van der Waals surface area contributed by atoms with E-state index in [1.54, 1.807) is 12.1 Å². The molecule has 0 saturated heterocycles. The minimum absolute atomic E-state index is 0.00148. The normalized spacial score (nSPS) is 16.1. The van der Waals surface area contributed by atoms with Gasteiger partial charge in [0.1, 0.15) is 11.9 Å². The van der Waals surface area contributed by atoms with Crippen LogP contribution < -0.4 is 15.8 Å². The fourth-order valence-electron chi connectivity index (χ4n) is 2.48. The Morgan fingerprint density at radius 2 is 2.14 bits per heavy atom. The van der Waals surface area contributed by atoms with E-state index < -0.39 is 5.97 Å². The lowest BCUT2D eigenvalue weighted by molar-refractivity contribution is 0.0698. The first-order valence-electron chi connectivity index (χ1n) is 6.75. The second kappa shape index (κ2) is 5.36. The Kier molecular flexibility index (Phi) is 3.39. The summed E-state index contributed by atoms with van der Waals surface area (Å²) in [7, 11) is 0. The summed E-state index contributed by atoms with van der Waals surface area (Å²) in [6.45, 7) is 0.541. The molecule has 21 heavy (non-hydrogen) atoms. The predicted molar refractivity (Wildman–Crippen MR) is 80.9 cm³/mol. The van der Waals surface area contributed by atoms with Crippen LogP contribution in [0.15, 0.2) is 42.5 Å². The SMILES string of the molecule is Nc1ccc(NCC2Cc3ccccc3O2)c(C(=O)O)c1. The van der Waals surface area contributed by atoms with Crippen LogP contribution in [0.4, 0.5) is 11.4 Å². The van der Waals surface area contributed by atoms with Crippen LogP contribution in [-0.2, 0) is 6.42 Å². The molecule has 2 aromatic carbocycles. The second-order valence-electron chi connectivity index (χ2n) is 5.04. The van der Waals surface area contributed by atoms with Crippen molar-refractivity contribution in [3.05, 3.63) is 53.6 Å². The molecule has 4 N–H and O–H groups in total. The standard InChI is InChI=1S/C16H16N2O3/c17-11-5-6-14(13(8-11)16(19)20)18-9-12-7-10-3-1-2-4-15(10)21-12/h1-6,8,12,18H,7,9,17H2,(H,19,20). The van der Waals surface area contributed by atoms with Crippen LogP contribution in [0.25, 0.3) is 0 Å². The Balaban J connectivity index is 1.68. The molecule has 0 bridgehead atoms. The lowest BCUT2D eigenvalue weighted by Crippen LogP contribution is -2.24. The molecule has 0 amide bonds. The van der Waals surface area contributed by atoms with E-state index >= 15 is 0 Å². The molecule has 0 fully saturated rings. The van der Waals surface area contributed by atoms with Gasteiger partial charge >= 0.3 is 5.97 Å². The van der Waals surface area contributed by atoms with Crippen LogP contribution in [0.1, 0.15) is 15.9 Å². The van der Waals surface area contributed by atoms with Crippen LogP contribution in [0, 0.1) is 0 Å². The molecule has 0 radical (unpaired) electrons. The number of fused-ring (bicyclic) bond motifs is 1.